The highest BCUT2D eigenvalue weighted by atomic mass is 16.5. The molecule has 3 heterocycles. The molecule has 2 N–H and O–H groups in total. The van der Waals surface area contributed by atoms with E-state index in [9.17, 15) is 14.7 Å². The molecule has 2 aromatic heterocycles. The molecule has 0 aromatic carbocycles. The summed E-state index contributed by atoms with van der Waals surface area (Å²) in [5, 5.41) is 13.3. The van der Waals surface area contributed by atoms with E-state index < -0.39 is 11.2 Å². The average molecular weight is 441 g/mol. The number of rotatable bonds is 7. The molecule has 0 bridgehead atoms. The molecule has 10 heteroatoms. The molecule has 2 aromatic rings. The molecule has 1 aliphatic heterocycles. The third-order valence-electron chi connectivity index (χ3n) is 5.74. The van der Waals surface area contributed by atoms with Crippen molar-refractivity contribution in [1.29, 1.82) is 0 Å². The zero-order valence-corrected chi connectivity index (χ0v) is 19.2. The van der Waals surface area contributed by atoms with Crippen LogP contribution in [0.25, 0.3) is 0 Å². The third kappa shape index (κ3) is 5.56. The van der Waals surface area contributed by atoms with Crippen molar-refractivity contribution in [3.8, 4) is 0 Å². The number of hydrogen-bond donors (Lipinski definition) is 2. The van der Waals surface area contributed by atoms with E-state index in [0.29, 0.717) is 48.8 Å². The lowest BCUT2D eigenvalue weighted by atomic mass is 9.83. The van der Waals surface area contributed by atoms with Crippen LogP contribution in [-0.4, -0.2) is 70.5 Å². The summed E-state index contributed by atoms with van der Waals surface area (Å²) in [7, 11) is 3.16. The van der Waals surface area contributed by atoms with Crippen LogP contribution in [0.2, 0.25) is 0 Å². The Kier molecular flexibility index (Phi) is 7.07. The quantitative estimate of drug-likeness (QED) is 0.613. The van der Waals surface area contributed by atoms with Crippen LogP contribution in [0.5, 0.6) is 0 Å². The molecule has 0 unspecified atom stereocenters. The number of aryl methyl sites for hydroxylation is 1. The molecule has 9 nitrogen and oxygen atoms in total. The van der Waals surface area contributed by atoms with Crippen LogP contribution < -0.4 is 16.3 Å². The number of aromatic nitrogens is 2. The monoisotopic (exact) mass is 441 g/mol. The highest BCUT2D eigenvalue weighted by Crippen LogP contribution is 2.24. The fraction of sp³-hybridized carbons (Fsp3) is 0.500. The highest BCUT2D eigenvalue weighted by molar-refractivity contribution is 6.47. The average Bonchev–Trinajstić information content (AvgIpc) is 2.75. The van der Waals surface area contributed by atoms with Crippen molar-refractivity contribution in [2.45, 2.75) is 38.9 Å². The van der Waals surface area contributed by atoms with Crippen LogP contribution in [-0.2, 0) is 16.4 Å². The zero-order valence-electron chi connectivity index (χ0n) is 19.2. The molecule has 32 heavy (non-hydrogen) atoms. The minimum Gasteiger partial charge on any atom is -0.427 e. The van der Waals surface area contributed by atoms with Gasteiger partial charge in [0.1, 0.15) is 11.5 Å². The van der Waals surface area contributed by atoms with E-state index in [1.165, 1.54) is 18.2 Å². The summed E-state index contributed by atoms with van der Waals surface area (Å²) in [5.74, 6) is 0.349. The molecular formula is C22H30BN4O5. The molecule has 0 saturated carbocycles. The van der Waals surface area contributed by atoms with Crippen molar-refractivity contribution in [3.63, 3.8) is 0 Å². The number of carbonyl (C=O) groups excluding carboxylic acids is 1. The summed E-state index contributed by atoms with van der Waals surface area (Å²) in [5.41, 5.74) is -0.694. The predicted molar refractivity (Wildman–Crippen MR) is 123 cm³/mol. The lowest BCUT2D eigenvalue weighted by Gasteiger charge is -2.37. The Hall–Kier alpha value is -2.69. The van der Waals surface area contributed by atoms with Crippen molar-refractivity contribution in [1.82, 2.24) is 14.5 Å². The first kappa shape index (κ1) is 24.0. The SMILES string of the molecule is Cn1cc([B]OC(C)(C)C(C)(C)O)cc(Nc2ccc(C(=O)N3CCOCC3)cn2)c1=O. The summed E-state index contributed by atoms with van der Waals surface area (Å²) >= 11 is 0. The number of amides is 1. The van der Waals surface area contributed by atoms with E-state index in [1.807, 2.05) is 0 Å². The molecule has 1 amide bonds. The van der Waals surface area contributed by atoms with Crippen molar-refractivity contribution in [3.05, 3.63) is 46.5 Å². The first-order valence-electron chi connectivity index (χ1n) is 10.5. The lowest BCUT2D eigenvalue weighted by Crippen LogP contribution is -2.49. The predicted octanol–water partition coefficient (Wildman–Crippen LogP) is 0.807. The Morgan fingerprint density at radius 1 is 1.25 bits per heavy atom. The van der Waals surface area contributed by atoms with Gasteiger partial charge >= 0.3 is 7.48 Å². The number of hydrogen-bond acceptors (Lipinski definition) is 7. The number of carbonyl (C=O) groups is 1. The van der Waals surface area contributed by atoms with E-state index >= 15 is 0 Å². The lowest BCUT2D eigenvalue weighted by molar-refractivity contribution is -0.0893. The van der Waals surface area contributed by atoms with Crippen LogP contribution in [0.3, 0.4) is 0 Å². The van der Waals surface area contributed by atoms with Crippen molar-refractivity contribution < 1.29 is 19.3 Å². The highest BCUT2D eigenvalue weighted by Gasteiger charge is 2.35. The number of ether oxygens (including phenoxy) is 1. The number of nitrogens with one attached hydrogen (secondary N) is 1. The second-order valence-electron chi connectivity index (χ2n) is 8.87. The van der Waals surface area contributed by atoms with Crippen LogP contribution in [0, 0.1) is 0 Å². The van der Waals surface area contributed by atoms with Gasteiger partial charge in [-0.3, -0.25) is 9.59 Å². The minimum atomic E-state index is -1.06. The van der Waals surface area contributed by atoms with Gasteiger partial charge < -0.3 is 29.3 Å². The number of morpholine rings is 1. The topological polar surface area (TPSA) is 106 Å². The molecule has 0 spiro atoms. The zero-order chi connectivity index (χ0) is 23.5. The molecule has 1 radical (unpaired) electrons. The normalized spacial score (nSPS) is 14.9. The fourth-order valence-corrected chi connectivity index (χ4v) is 2.93. The van der Waals surface area contributed by atoms with Gasteiger partial charge in [-0.1, -0.05) is 0 Å². The maximum absolute atomic E-state index is 12.6. The Morgan fingerprint density at radius 3 is 2.53 bits per heavy atom. The van der Waals surface area contributed by atoms with Gasteiger partial charge in [0.15, 0.2) is 0 Å². The van der Waals surface area contributed by atoms with Crippen LogP contribution in [0.4, 0.5) is 11.5 Å². The van der Waals surface area contributed by atoms with Crippen molar-refractivity contribution >= 4 is 30.4 Å². The van der Waals surface area contributed by atoms with Gasteiger partial charge in [-0.2, -0.15) is 0 Å². The minimum absolute atomic E-state index is 0.0913. The molecule has 1 aliphatic rings. The Balaban J connectivity index is 1.72. The van der Waals surface area contributed by atoms with Gasteiger partial charge in [-0.15, -0.1) is 0 Å². The first-order chi connectivity index (χ1) is 15.0. The van der Waals surface area contributed by atoms with E-state index in [-0.39, 0.29) is 11.5 Å². The van der Waals surface area contributed by atoms with Gasteiger partial charge in [-0.25, -0.2) is 4.98 Å². The molecule has 3 rings (SSSR count). The summed E-state index contributed by atoms with van der Waals surface area (Å²) in [6, 6.07) is 5.00. The Labute approximate surface area is 188 Å². The van der Waals surface area contributed by atoms with E-state index in [4.69, 9.17) is 9.39 Å². The van der Waals surface area contributed by atoms with Gasteiger partial charge in [0, 0.05) is 32.5 Å². The number of anilines is 2. The summed E-state index contributed by atoms with van der Waals surface area (Å²) in [6.45, 7) is 9.11. The summed E-state index contributed by atoms with van der Waals surface area (Å²) < 4.78 is 12.5. The van der Waals surface area contributed by atoms with Gasteiger partial charge in [0.2, 0.25) is 0 Å². The van der Waals surface area contributed by atoms with Gasteiger partial charge in [-0.05, 0) is 51.4 Å². The van der Waals surface area contributed by atoms with Crippen LogP contribution >= 0.6 is 0 Å². The third-order valence-corrected chi connectivity index (χ3v) is 5.74. The number of aliphatic hydroxyl groups is 1. The molecule has 0 atom stereocenters. The smallest absolute Gasteiger partial charge is 0.332 e. The van der Waals surface area contributed by atoms with Crippen molar-refractivity contribution in [2.24, 2.45) is 7.05 Å². The first-order valence-corrected chi connectivity index (χ1v) is 10.5. The van der Waals surface area contributed by atoms with Crippen molar-refractivity contribution in [2.75, 3.05) is 31.6 Å². The maximum Gasteiger partial charge on any atom is 0.332 e. The summed E-state index contributed by atoms with van der Waals surface area (Å²) in [6.07, 6.45) is 3.14. The largest absolute Gasteiger partial charge is 0.427 e. The van der Waals surface area contributed by atoms with Gasteiger partial charge in [0.05, 0.1) is 30.0 Å². The summed E-state index contributed by atoms with van der Waals surface area (Å²) in [4.78, 5) is 31.2. The fourth-order valence-electron chi connectivity index (χ4n) is 2.93. The van der Waals surface area contributed by atoms with Crippen LogP contribution in [0.15, 0.2) is 35.4 Å². The molecule has 0 aliphatic carbocycles. The van der Waals surface area contributed by atoms with E-state index in [0.717, 1.165) is 0 Å². The van der Waals surface area contributed by atoms with Gasteiger partial charge in [0.25, 0.3) is 11.5 Å². The Morgan fingerprint density at radius 2 is 1.94 bits per heavy atom. The number of nitrogens with zero attached hydrogens (tertiary/aromatic N) is 3. The standard InChI is InChI=1S/C22H30BN4O5/c1-21(2,30)22(3,4)32-23-16-12-17(20(29)26(5)14-16)25-18-7-6-15(13-24-18)19(28)27-8-10-31-11-9-27/h6-7,12-14,30H,8-11H2,1-5H3,(H,24,25). The molecule has 171 valence electrons. The van der Waals surface area contributed by atoms with E-state index in [1.54, 1.807) is 64.0 Å². The second-order valence-corrected chi connectivity index (χ2v) is 8.87. The number of pyridine rings is 2. The molecule has 1 fully saturated rings. The van der Waals surface area contributed by atoms with E-state index in [2.05, 4.69) is 10.3 Å². The maximum atomic E-state index is 12.6. The Bertz CT molecular complexity index is 1010. The molecular weight excluding hydrogens is 411 g/mol. The second kappa shape index (κ2) is 9.44. The van der Waals surface area contributed by atoms with Crippen LogP contribution in [0.1, 0.15) is 38.1 Å². The molecule has 1 saturated heterocycles.